The summed E-state index contributed by atoms with van der Waals surface area (Å²) in [5.41, 5.74) is 5.49. The molecule has 162 valence electrons. The number of sulfone groups is 1. The molecule has 0 aliphatic rings. The molecule has 2 aromatic heterocycles. The van der Waals surface area contributed by atoms with E-state index in [1.807, 2.05) is 52.1 Å². The summed E-state index contributed by atoms with van der Waals surface area (Å²) in [5, 5.41) is 14.3. The molecule has 3 rings (SSSR count). The fraction of sp³-hybridized carbons (Fsp3) is 0.455. The van der Waals surface area contributed by atoms with E-state index in [0.29, 0.717) is 18.8 Å². The summed E-state index contributed by atoms with van der Waals surface area (Å²) in [6, 6.07) is 5.85. The van der Waals surface area contributed by atoms with Gasteiger partial charge in [-0.15, -0.1) is 0 Å². The van der Waals surface area contributed by atoms with Gasteiger partial charge in [0.2, 0.25) is 0 Å². The second-order valence-corrected chi connectivity index (χ2v) is 10.3. The first-order chi connectivity index (χ1) is 14.1. The van der Waals surface area contributed by atoms with Crippen molar-refractivity contribution in [2.75, 3.05) is 18.6 Å². The zero-order chi connectivity index (χ0) is 22.1. The quantitative estimate of drug-likeness (QED) is 0.549. The van der Waals surface area contributed by atoms with E-state index in [0.717, 1.165) is 39.3 Å². The van der Waals surface area contributed by atoms with Gasteiger partial charge in [-0.1, -0.05) is 13.8 Å². The molecule has 0 amide bonds. The monoisotopic (exact) mass is 431 g/mol. The van der Waals surface area contributed by atoms with E-state index in [-0.39, 0.29) is 18.3 Å². The Bertz CT molecular complexity index is 1140. The smallest absolute Gasteiger partial charge is 0.163 e. The number of nitrogens with zero attached hydrogens (tertiary/aromatic N) is 3. The van der Waals surface area contributed by atoms with Crippen LogP contribution in [0, 0.1) is 13.8 Å². The number of aryl methyl sites for hydroxylation is 2. The fourth-order valence-electron chi connectivity index (χ4n) is 3.52. The molecule has 0 bridgehead atoms. The maximum atomic E-state index is 11.3. The van der Waals surface area contributed by atoms with Crippen LogP contribution in [-0.2, 0) is 16.4 Å². The summed E-state index contributed by atoms with van der Waals surface area (Å²) in [7, 11) is -2.98. The van der Waals surface area contributed by atoms with Crippen molar-refractivity contribution in [1.29, 1.82) is 0 Å². The highest BCUT2D eigenvalue weighted by atomic mass is 32.2. The molecule has 3 aromatic rings. The number of rotatable bonds is 8. The van der Waals surface area contributed by atoms with E-state index in [1.54, 1.807) is 4.52 Å². The molecule has 0 spiro atoms. The van der Waals surface area contributed by atoms with Crippen LogP contribution in [0.3, 0.4) is 0 Å². The lowest BCUT2D eigenvalue weighted by atomic mass is 9.95. The summed E-state index contributed by atoms with van der Waals surface area (Å²) in [5.74, 6) is 1.77. The Hall–Kier alpha value is -2.45. The molecule has 30 heavy (non-hydrogen) atoms. The Balaban J connectivity index is 1.98. The van der Waals surface area contributed by atoms with E-state index < -0.39 is 9.84 Å². The predicted molar refractivity (Wildman–Crippen MR) is 118 cm³/mol. The fourth-order valence-corrected chi connectivity index (χ4v) is 4.16. The van der Waals surface area contributed by atoms with Crippen molar-refractivity contribution < 1.29 is 18.3 Å². The molecule has 0 radical (unpaired) electrons. The summed E-state index contributed by atoms with van der Waals surface area (Å²) < 4.78 is 30.1. The second kappa shape index (κ2) is 8.73. The van der Waals surface area contributed by atoms with Crippen molar-refractivity contribution in [1.82, 2.24) is 14.6 Å². The van der Waals surface area contributed by atoms with Gasteiger partial charge in [-0.25, -0.2) is 17.9 Å². The van der Waals surface area contributed by atoms with Crippen LogP contribution in [0.5, 0.6) is 5.75 Å². The van der Waals surface area contributed by atoms with Gasteiger partial charge in [-0.05, 0) is 60.7 Å². The van der Waals surface area contributed by atoms with Crippen molar-refractivity contribution in [2.24, 2.45) is 0 Å². The van der Waals surface area contributed by atoms with E-state index in [2.05, 4.69) is 5.10 Å². The molecular weight excluding hydrogens is 402 g/mol. The molecule has 7 nitrogen and oxygen atoms in total. The molecule has 0 aliphatic carbocycles. The number of ether oxygens (including phenoxy) is 1. The van der Waals surface area contributed by atoms with Crippen LogP contribution in [-0.4, -0.2) is 46.7 Å². The van der Waals surface area contributed by atoms with Crippen molar-refractivity contribution in [3.05, 3.63) is 46.9 Å². The molecule has 0 saturated carbocycles. The van der Waals surface area contributed by atoms with Gasteiger partial charge in [0.25, 0.3) is 0 Å². The minimum atomic E-state index is -2.98. The van der Waals surface area contributed by atoms with Gasteiger partial charge < -0.3 is 9.84 Å². The minimum Gasteiger partial charge on any atom is -0.494 e. The van der Waals surface area contributed by atoms with Crippen LogP contribution in [0.25, 0.3) is 16.8 Å². The molecule has 0 saturated heterocycles. The molecule has 8 heteroatoms. The first-order valence-corrected chi connectivity index (χ1v) is 12.1. The predicted octanol–water partition coefficient (Wildman–Crippen LogP) is 3.44. The number of fused-ring (bicyclic) bond motifs is 1. The topological polar surface area (TPSA) is 93.8 Å². The van der Waals surface area contributed by atoms with E-state index in [1.165, 1.54) is 6.26 Å². The van der Waals surface area contributed by atoms with Crippen molar-refractivity contribution >= 4 is 15.5 Å². The standard InChI is InChI=1S/C22H29N3O4S/c1-14(2)21-23-22-19(11-17(13-26)12-25(22)24-21)20-15(3)9-18(10-16(20)4)29-7-6-8-30(5,27)28/h9-12,14,26H,6-8,13H2,1-5H3. The Labute approximate surface area is 177 Å². The average molecular weight is 432 g/mol. The van der Waals surface area contributed by atoms with Crippen LogP contribution in [0.2, 0.25) is 0 Å². The lowest BCUT2D eigenvalue weighted by Crippen LogP contribution is -2.08. The lowest BCUT2D eigenvalue weighted by Gasteiger charge is -2.15. The van der Waals surface area contributed by atoms with Gasteiger partial charge in [-0.3, -0.25) is 0 Å². The lowest BCUT2D eigenvalue weighted by molar-refractivity contribution is 0.281. The first kappa shape index (κ1) is 22.2. The van der Waals surface area contributed by atoms with Crippen molar-refractivity contribution in [3.63, 3.8) is 0 Å². The van der Waals surface area contributed by atoms with E-state index in [4.69, 9.17) is 9.72 Å². The molecule has 0 atom stereocenters. The Morgan fingerprint density at radius 2 is 1.83 bits per heavy atom. The van der Waals surface area contributed by atoms with Crippen molar-refractivity contribution in [2.45, 2.75) is 46.6 Å². The van der Waals surface area contributed by atoms with E-state index in [9.17, 15) is 13.5 Å². The van der Waals surface area contributed by atoms with Crippen LogP contribution >= 0.6 is 0 Å². The van der Waals surface area contributed by atoms with E-state index >= 15 is 0 Å². The SMILES string of the molecule is Cc1cc(OCCCS(C)(=O)=O)cc(C)c1-c1cc(CO)cn2nc(C(C)C)nc12. The van der Waals surface area contributed by atoms with Gasteiger partial charge in [0.1, 0.15) is 15.6 Å². The molecule has 0 unspecified atom stereocenters. The number of benzene rings is 1. The summed E-state index contributed by atoms with van der Waals surface area (Å²) in [6.45, 7) is 8.37. The number of aliphatic hydroxyl groups excluding tert-OH is 1. The summed E-state index contributed by atoms with van der Waals surface area (Å²) in [4.78, 5) is 4.73. The number of aliphatic hydroxyl groups is 1. The molecule has 0 aliphatic heterocycles. The first-order valence-electron chi connectivity index (χ1n) is 10.0. The van der Waals surface area contributed by atoms with Gasteiger partial charge in [-0.2, -0.15) is 5.10 Å². The van der Waals surface area contributed by atoms with Gasteiger partial charge >= 0.3 is 0 Å². The number of hydrogen-bond donors (Lipinski definition) is 1. The summed E-state index contributed by atoms with van der Waals surface area (Å²) >= 11 is 0. The van der Waals surface area contributed by atoms with Crippen LogP contribution in [0.1, 0.15) is 48.7 Å². The van der Waals surface area contributed by atoms with Crippen LogP contribution < -0.4 is 4.74 Å². The molecule has 1 aromatic carbocycles. The maximum Gasteiger partial charge on any atom is 0.163 e. The minimum absolute atomic E-state index is 0.0839. The summed E-state index contributed by atoms with van der Waals surface area (Å²) in [6.07, 6.45) is 3.49. The average Bonchev–Trinajstić information content (AvgIpc) is 3.08. The highest BCUT2D eigenvalue weighted by Crippen LogP contribution is 2.34. The normalized spacial score (nSPS) is 12.1. The molecule has 0 fully saturated rings. The third-order valence-corrected chi connectivity index (χ3v) is 5.94. The third kappa shape index (κ3) is 4.99. The van der Waals surface area contributed by atoms with Gasteiger partial charge in [0.05, 0.1) is 19.0 Å². The highest BCUT2D eigenvalue weighted by Gasteiger charge is 2.17. The van der Waals surface area contributed by atoms with Gasteiger partial charge in [0.15, 0.2) is 11.5 Å². The van der Waals surface area contributed by atoms with Crippen LogP contribution in [0.4, 0.5) is 0 Å². The molecule has 1 N–H and O–H groups in total. The number of aromatic nitrogens is 3. The largest absolute Gasteiger partial charge is 0.494 e. The maximum absolute atomic E-state index is 11.3. The zero-order valence-corrected chi connectivity index (χ0v) is 19.0. The molecule has 2 heterocycles. The van der Waals surface area contributed by atoms with Crippen LogP contribution in [0.15, 0.2) is 24.4 Å². The van der Waals surface area contributed by atoms with Crippen molar-refractivity contribution in [3.8, 4) is 16.9 Å². The zero-order valence-electron chi connectivity index (χ0n) is 18.1. The Kier molecular flexibility index (Phi) is 6.47. The Morgan fingerprint density at radius 1 is 1.17 bits per heavy atom. The Morgan fingerprint density at radius 3 is 2.40 bits per heavy atom. The molecular formula is C22H29N3O4S. The number of pyridine rings is 1. The second-order valence-electron chi connectivity index (χ2n) is 8.08. The third-order valence-electron chi connectivity index (χ3n) is 4.91. The van der Waals surface area contributed by atoms with Gasteiger partial charge in [0, 0.05) is 23.9 Å². The number of hydrogen-bond acceptors (Lipinski definition) is 6. The highest BCUT2D eigenvalue weighted by molar-refractivity contribution is 7.90.